The average molecular weight is 765 g/mol. The molecule has 280 valence electrons. The van der Waals surface area contributed by atoms with Gasteiger partial charge in [-0.15, -0.1) is 0 Å². The summed E-state index contributed by atoms with van der Waals surface area (Å²) in [5.41, 5.74) is 3.48. The van der Waals surface area contributed by atoms with E-state index in [2.05, 4.69) is 21.0 Å². The Morgan fingerprint density at radius 3 is 1.81 bits per heavy atom. The van der Waals surface area contributed by atoms with Crippen molar-refractivity contribution in [2.45, 2.75) is 0 Å². The Bertz CT molecular complexity index is 2970. The quantitative estimate of drug-likeness (QED) is 0.108. The lowest BCUT2D eigenvalue weighted by Crippen LogP contribution is -2.20. The Morgan fingerprint density at radius 1 is 0.534 bits per heavy atom. The first kappa shape index (κ1) is 37.6. The molecule has 0 aliphatic heterocycles. The SMILES string of the molecule is N#Cc1ccccc1-c1cc(-c2ncccn2)cn(-c2cccc([N+](=O)[O-])c2)c1=O.O=c1c(-c2ccccc2[N+](=O)[O-])cc(-c2ccccn2)cn1-c1ccccc1. The summed E-state index contributed by atoms with van der Waals surface area (Å²) in [7, 11) is 0. The number of nitrogens with zero attached hydrogens (tertiary/aromatic N) is 8. The summed E-state index contributed by atoms with van der Waals surface area (Å²) in [6.45, 7) is 0. The molecular weight excluding hydrogens is 737 g/mol. The first-order valence-corrected chi connectivity index (χ1v) is 17.5. The molecule has 0 N–H and O–H groups in total. The van der Waals surface area contributed by atoms with Crippen LogP contribution in [0.2, 0.25) is 0 Å². The second-order valence-electron chi connectivity index (χ2n) is 12.5. The molecule has 0 fully saturated rings. The van der Waals surface area contributed by atoms with Crippen molar-refractivity contribution < 1.29 is 9.85 Å². The minimum Gasteiger partial charge on any atom is -0.283 e. The second kappa shape index (κ2) is 16.8. The van der Waals surface area contributed by atoms with Gasteiger partial charge in [0, 0.05) is 77.1 Å². The molecule has 0 bridgehead atoms. The molecule has 0 aliphatic carbocycles. The van der Waals surface area contributed by atoms with Gasteiger partial charge in [-0.2, -0.15) is 5.26 Å². The van der Waals surface area contributed by atoms with Crippen LogP contribution in [0.4, 0.5) is 11.4 Å². The zero-order chi connectivity index (χ0) is 40.6. The lowest BCUT2D eigenvalue weighted by molar-refractivity contribution is -0.384. The van der Waals surface area contributed by atoms with Crippen LogP contribution in [0.5, 0.6) is 0 Å². The predicted molar refractivity (Wildman–Crippen MR) is 217 cm³/mol. The molecule has 0 radical (unpaired) electrons. The number of hydrogen-bond acceptors (Lipinski definition) is 10. The van der Waals surface area contributed by atoms with Crippen LogP contribution in [0.1, 0.15) is 5.56 Å². The molecule has 8 aromatic rings. The van der Waals surface area contributed by atoms with E-state index in [1.54, 1.807) is 97.6 Å². The standard InChI is InChI=1S/C22H13N5O3.C22H15N3O3/c23-13-15-5-1-2-8-19(15)20-11-16(21-24-9-4-10-25-21)14-26(22(20)28)17-6-3-7-18(12-17)27(29)30;26-22-19(18-10-4-5-12-21(18)25(27)28)14-16(20-11-6-7-13-23-20)15-24(22)17-8-2-1-3-9-17/h1-12,14H;1-15H. The Kier molecular flexibility index (Phi) is 10.9. The molecular formula is C44H28N8O6. The van der Waals surface area contributed by atoms with Gasteiger partial charge in [0.25, 0.3) is 22.5 Å². The number of nitriles is 1. The molecule has 0 saturated carbocycles. The molecule has 4 aromatic heterocycles. The highest BCUT2D eigenvalue weighted by Gasteiger charge is 2.20. The van der Waals surface area contributed by atoms with Crippen LogP contribution in [-0.4, -0.2) is 33.9 Å². The lowest BCUT2D eigenvalue weighted by atomic mass is 10.00. The van der Waals surface area contributed by atoms with Crippen LogP contribution in [0, 0.1) is 31.6 Å². The van der Waals surface area contributed by atoms with Crippen LogP contribution >= 0.6 is 0 Å². The maximum Gasteiger partial charge on any atom is 0.277 e. The van der Waals surface area contributed by atoms with E-state index in [1.165, 1.54) is 39.6 Å². The van der Waals surface area contributed by atoms with Gasteiger partial charge in [-0.05, 0) is 60.7 Å². The highest BCUT2D eigenvalue weighted by Crippen LogP contribution is 2.31. The summed E-state index contributed by atoms with van der Waals surface area (Å²) >= 11 is 0. The Labute approximate surface area is 329 Å². The summed E-state index contributed by atoms with van der Waals surface area (Å²) in [5.74, 6) is 0.382. The van der Waals surface area contributed by atoms with Crippen molar-refractivity contribution in [1.29, 1.82) is 5.26 Å². The topological polar surface area (TPSA) is 193 Å². The molecule has 0 spiro atoms. The molecule has 4 aromatic carbocycles. The zero-order valence-corrected chi connectivity index (χ0v) is 30.2. The Balaban J connectivity index is 0.000000177. The fourth-order valence-electron chi connectivity index (χ4n) is 6.20. The summed E-state index contributed by atoms with van der Waals surface area (Å²) in [6.07, 6.45) is 8.06. The van der Waals surface area contributed by atoms with Crippen molar-refractivity contribution in [3.05, 3.63) is 217 Å². The Morgan fingerprint density at radius 2 is 1.12 bits per heavy atom. The highest BCUT2D eigenvalue weighted by molar-refractivity contribution is 5.77. The molecule has 4 heterocycles. The molecule has 0 amide bonds. The van der Waals surface area contributed by atoms with Crippen LogP contribution < -0.4 is 11.1 Å². The maximum atomic E-state index is 13.3. The van der Waals surface area contributed by atoms with Gasteiger partial charge in [0.15, 0.2) is 5.82 Å². The Hall–Kier alpha value is -8.70. The molecule has 0 atom stereocenters. The van der Waals surface area contributed by atoms with Gasteiger partial charge >= 0.3 is 0 Å². The first-order valence-electron chi connectivity index (χ1n) is 17.5. The number of non-ortho nitro benzene ring substituents is 1. The van der Waals surface area contributed by atoms with E-state index in [1.807, 2.05) is 42.5 Å². The smallest absolute Gasteiger partial charge is 0.277 e. The van der Waals surface area contributed by atoms with Crippen LogP contribution in [-0.2, 0) is 0 Å². The van der Waals surface area contributed by atoms with Crippen molar-refractivity contribution in [2.24, 2.45) is 0 Å². The third-order valence-electron chi connectivity index (χ3n) is 8.90. The van der Waals surface area contributed by atoms with Crippen molar-refractivity contribution in [3.8, 4) is 62.3 Å². The highest BCUT2D eigenvalue weighted by atomic mass is 16.6. The number of pyridine rings is 3. The van der Waals surface area contributed by atoms with E-state index in [0.717, 1.165) is 0 Å². The minimum atomic E-state index is -0.523. The van der Waals surface area contributed by atoms with E-state index in [9.17, 15) is 35.1 Å². The number of nitro groups is 2. The van der Waals surface area contributed by atoms with Crippen molar-refractivity contribution >= 4 is 11.4 Å². The van der Waals surface area contributed by atoms with E-state index in [4.69, 9.17) is 0 Å². The summed E-state index contributed by atoms with van der Waals surface area (Å²) in [6, 6.07) is 40.5. The van der Waals surface area contributed by atoms with E-state index in [0.29, 0.717) is 45.1 Å². The number of hydrogen-bond donors (Lipinski definition) is 0. The molecule has 0 saturated heterocycles. The van der Waals surface area contributed by atoms with Crippen LogP contribution in [0.3, 0.4) is 0 Å². The number of nitro benzene ring substituents is 2. The maximum absolute atomic E-state index is 13.3. The van der Waals surface area contributed by atoms with Crippen molar-refractivity contribution in [2.75, 3.05) is 0 Å². The zero-order valence-electron chi connectivity index (χ0n) is 30.2. The van der Waals surface area contributed by atoms with Gasteiger partial charge in [0.2, 0.25) is 0 Å². The van der Waals surface area contributed by atoms with Crippen LogP contribution in [0.15, 0.2) is 180 Å². The minimum absolute atomic E-state index is 0.114. The molecule has 0 aliphatic rings. The van der Waals surface area contributed by atoms with E-state index in [-0.39, 0.29) is 33.6 Å². The normalized spacial score (nSPS) is 10.5. The first-order chi connectivity index (χ1) is 28.2. The van der Waals surface area contributed by atoms with E-state index >= 15 is 0 Å². The number of benzene rings is 4. The largest absolute Gasteiger partial charge is 0.283 e. The molecule has 58 heavy (non-hydrogen) atoms. The molecule has 0 unspecified atom stereocenters. The van der Waals surface area contributed by atoms with Crippen molar-refractivity contribution in [1.82, 2.24) is 24.1 Å². The van der Waals surface area contributed by atoms with Crippen molar-refractivity contribution in [3.63, 3.8) is 0 Å². The van der Waals surface area contributed by atoms with Gasteiger partial charge in [0.1, 0.15) is 0 Å². The summed E-state index contributed by atoms with van der Waals surface area (Å²) < 4.78 is 2.80. The lowest BCUT2D eigenvalue weighted by Gasteiger charge is -2.12. The fraction of sp³-hybridized carbons (Fsp3) is 0. The third-order valence-corrected chi connectivity index (χ3v) is 8.90. The average Bonchev–Trinajstić information content (AvgIpc) is 3.27. The van der Waals surface area contributed by atoms with Crippen LogP contribution in [0.25, 0.3) is 56.3 Å². The second-order valence-corrected chi connectivity index (χ2v) is 12.5. The molecule has 14 heteroatoms. The predicted octanol–water partition coefficient (Wildman–Crippen LogP) is 8.22. The van der Waals surface area contributed by atoms with Gasteiger partial charge in [-0.1, -0.05) is 60.7 Å². The fourth-order valence-corrected chi connectivity index (χ4v) is 6.20. The summed E-state index contributed by atoms with van der Waals surface area (Å²) in [4.78, 5) is 61.1. The third kappa shape index (κ3) is 7.90. The van der Waals surface area contributed by atoms with Gasteiger partial charge in [-0.25, -0.2) is 9.97 Å². The monoisotopic (exact) mass is 764 g/mol. The molecule has 14 nitrogen and oxygen atoms in total. The van der Waals surface area contributed by atoms with Gasteiger partial charge < -0.3 is 0 Å². The number of rotatable bonds is 8. The van der Waals surface area contributed by atoms with E-state index < -0.39 is 15.4 Å². The van der Waals surface area contributed by atoms with Gasteiger partial charge in [0.05, 0.1) is 44.0 Å². The summed E-state index contributed by atoms with van der Waals surface area (Å²) in [5, 5.41) is 32.2. The number of aromatic nitrogens is 5. The van der Waals surface area contributed by atoms with Gasteiger partial charge in [-0.3, -0.25) is 43.9 Å². The molecule has 8 rings (SSSR count). The number of para-hydroxylation sites is 2.